The maximum Gasteiger partial charge on any atom is 0.266 e. The second kappa shape index (κ2) is 7.55. The summed E-state index contributed by atoms with van der Waals surface area (Å²) in [6.07, 6.45) is 0. The fourth-order valence-electron chi connectivity index (χ4n) is 3.68. The van der Waals surface area contributed by atoms with Crippen LogP contribution in [0, 0.1) is 13.8 Å². The van der Waals surface area contributed by atoms with Crippen LogP contribution in [0.15, 0.2) is 54.6 Å². The topological polar surface area (TPSA) is 79.4 Å². The lowest BCUT2D eigenvalue weighted by Crippen LogP contribution is -2.30. The van der Waals surface area contributed by atoms with Crippen molar-refractivity contribution >= 4 is 61.7 Å². The van der Waals surface area contributed by atoms with Crippen molar-refractivity contribution in [3.8, 4) is 0 Å². The van der Waals surface area contributed by atoms with Gasteiger partial charge < -0.3 is 0 Å². The number of hydrogen-bond donors (Lipinski definition) is 1. The van der Waals surface area contributed by atoms with Crippen LogP contribution in [0.5, 0.6) is 0 Å². The highest BCUT2D eigenvalue weighted by atomic mass is 35.5. The molecule has 0 unspecified atom stereocenters. The molecule has 5 rings (SSSR count). The number of fused-ring (bicyclic) bond motifs is 2. The molecule has 2 heterocycles. The highest BCUT2D eigenvalue weighted by molar-refractivity contribution is 7.22. The highest BCUT2D eigenvalue weighted by Gasteiger charge is 2.37. The molecule has 0 spiro atoms. The van der Waals surface area contributed by atoms with Gasteiger partial charge in [0.2, 0.25) is 0 Å². The van der Waals surface area contributed by atoms with Crippen LogP contribution in [0.3, 0.4) is 0 Å². The van der Waals surface area contributed by atoms with Gasteiger partial charge in [-0.2, -0.15) is 0 Å². The fraction of sp³-hybridized carbons (Fsp3) is 0.0833. The van der Waals surface area contributed by atoms with E-state index >= 15 is 0 Å². The summed E-state index contributed by atoms with van der Waals surface area (Å²) in [5, 5.41) is 3.77. The molecule has 1 aliphatic heterocycles. The normalized spacial score (nSPS) is 13.0. The van der Waals surface area contributed by atoms with E-state index in [1.807, 2.05) is 32.0 Å². The van der Waals surface area contributed by atoms with Gasteiger partial charge in [-0.25, -0.2) is 9.88 Å². The smallest absolute Gasteiger partial charge is 0.266 e. The predicted octanol–water partition coefficient (Wildman–Crippen LogP) is 5.62. The van der Waals surface area contributed by atoms with E-state index in [-0.39, 0.29) is 16.7 Å². The second-order valence-electron chi connectivity index (χ2n) is 7.58. The quantitative estimate of drug-likeness (QED) is 0.401. The SMILES string of the molecule is Cc1ccc(C)c(N2C(=O)c3ccc(C(=O)Nc4nc5ccc(Cl)cc5s4)cc3C2=O)c1. The van der Waals surface area contributed by atoms with Crippen molar-refractivity contribution in [2.24, 2.45) is 0 Å². The van der Waals surface area contributed by atoms with E-state index in [0.717, 1.165) is 21.3 Å². The van der Waals surface area contributed by atoms with Crippen LogP contribution < -0.4 is 10.2 Å². The van der Waals surface area contributed by atoms with Crippen LogP contribution in [0.25, 0.3) is 10.2 Å². The van der Waals surface area contributed by atoms with E-state index in [1.165, 1.54) is 34.4 Å². The fourth-order valence-corrected chi connectivity index (χ4v) is 4.82. The molecule has 158 valence electrons. The molecule has 32 heavy (non-hydrogen) atoms. The summed E-state index contributed by atoms with van der Waals surface area (Å²) >= 11 is 7.32. The largest absolute Gasteiger partial charge is 0.298 e. The van der Waals surface area contributed by atoms with Crippen LogP contribution in [0.4, 0.5) is 10.8 Å². The molecule has 0 radical (unpaired) electrons. The molecule has 8 heteroatoms. The Kier molecular flexibility index (Phi) is 4.80. The van der Waals surface area contributed by atoms with E-state index in [1.54, 1.807) is 18.2 Å². The number of benzene rings is 3. The Morgan fingerprint density at radius 2 is 1.75 bits per heavy atom. The van der Waals surface area contributed by atoms with E-state index in [4.69, 9.17) is 11.6 Å². The van der Waals surface area contributed by atoms with Gasteiger partial charge in [0.25, 0.3) is 17.7 Å². The molecule has 4 aromatic rings. The number of anilines is 2. The third-order valence-electron chi connectivity index (χ3n) is 5.33. The summed E-state index contributed by atoms with van der Waals surface area (Å²) < 4.78 is 0.853. The number of carbonyl (C=O) groups excluding carboxylic acids is 3. The molecule has 0 atom stereocenters. The number of imide groups is 1. The van der Waals surface area contributed by atoms with Crippen molar-refractivity contribution in [1.29, 1.82) is 0 Å². The van der Waals surface area contributed by atoms with Crippen LogP contribution in [0.2, 0.25) is 5.02 Å². The Labute approximate surface area is 192 Å². The lowest BCUT2D eigenvalue weighted by molar-refractivity contribution is 0.0925. The Balaban J connectivity index is 1.45. The van der Waals surface area contributed by atoms with Crippen LogP contribution >= 0.6 is 22.9 Å². The zero-order valence-electron chi connectivity index (χ0n) is 17.1. The number of hydrogen-bond acceptors (Lipinski definition) is 5. The first kappa shape index (κ1) is 20.4. The number of halogens is 1. The Morgan fingerprint density at radius 1 is 0.969 bits per heavy atom. The third-order valence-corrected chi connectivity index (χ3v) is 6.49. The van der Waals surface area contributed by atoms with Gasteiger partial charge in [0, 0.05) is 10.6 Å². The van der Waals surface area contributed by atoms with E-state index in [0.29, 0.717) is 15.8 Å². The lowest BCUT2D eigenvalue weighted by Gasteiger charge is -2.17. The Hall–Kier alpha value is -3.55. The van der Waals surface area contributed by atoms with Gasteiger partial charge in [-0.3, -0.25) is 19.7 Å². The summed E-state index contributed by atoms with van der Waals surface area (Å²) in [5.74, 6) is -1.25. The molecule has 0 saturated carbocycles. The first-order valence-corrected chi connectivity index (χ1v) is 11.0. The van der Waals surface area contributed by atoms with Crippen LogP contribution in [0.1, 0.15) is 42.2 Å². The summed E-state index contributed by atoms with van der Waals surface area (Å²) in [6, 6.07) is 15.4. The van der Waals surface area contributed by atoms with Crippen LogP contribution in [-0.2, 0) is 0 Å². The zero-order valence-corrected chi connectivity index (χ0v) is 18.7. The lowest BCUT2D eigenvalue weighted by atomic mass is 10.1. The number of aromatic nitrogens is 1. The average Bonchev–Trinajstić information content (AvgIpc) is 3.27. The summed E-state index contributed by atoms with van der Waals surface area (Å²) in [7, 11) is 0. The molecule has 1 aliphatic rings. The average molecular weight is 462 g/mol. The molecule has 3 amide bonds. The number of amides is 3. The molecule has 0 saturated heterocycles. The van der Waals surface area contributed by atoms with Gasteiger partial charge >= 0.3 is 0 Å². The molecular formula is C24H16ClN3O3S. The van der Waals surface area contributed by atoms with Crippen molar-refractivity contribution in [2.75, 3.05) is 10.2 Å². The molecule has 1 N–H and O–H groups in total. The minimum atomic E-state index is -0.442. The summed E-state index contributed by atoms with van der Waals surface area (Å²) in [5.41, 5.74) is 3.80. The van der Waals surface area contributed by atoms with Gasteiger partial charge in [-0.1, -0.05) is 35.1 Å². The molecule has 6 nitrogen and oxygen atoms in total. The number of nitrogens with one attached hydrogen (secondary N) is 1. The van der Waals surface area contributed by atoms with E-state index < -0.39 is 17.7 Å². The molecular weight excluding hydrogens is 446 g/mol. The number of rotatable bonds is 3. The molecule has 1 aromatic heterocycles. The highest BCUT2D eigenvalue weighted by Crippen LogP contribution is 2.32. The van der Waals surface area contributed by atoms with Crippen molar-refractivity contribution in [1.82, 2.24) is 4.98 Å². The van der Waals surface area contributed by atoms with Crippen molar-refractivity contribution in [3.05, 3.63) is 87.4 Å². The molecule has 0 aliphatic carbocycles. The third kappa shape index (κ3) is 3.36. The van der Waals surface area contributed by atoms with Gasteiger partial charge in [-0.05, 0) is 67.4 Å². The molecule has 0 fully saturated rings. The number of aryl methyl sites for hydroxylation is 2. The molecule has 0 bridgehead atoms. The first-order valence-electron chi connectivity index (χ1n) is 9.79. The zero-order chi connectivity index (χ0) is 22.6. The monoisotopic (exact) mass is 461 g/mol. The number of carbonyl (C=O) groups is 3. The number of nitrogens with zero attached hydrogens (tertiary/aromatic N) is 2. The van der Waals surface area contributed by atoms with E-state index in [9.17, 15) is 14.4 Å². The summed E-state index contributed by atoms with van der Waals surface area (Å²) in [6.45, 7) is 3.75. The Bertz CT molecular complexity index is 1460. The van der Waals surface area contributed by atoms with Crippen LogP contribution in [-0.4, -0.2) is 22.7 Å². The van der Waals surface area contributed by atoms with Crippen molar-refractivity contribution < 1.29 is 14.4 Å². The minimum absolute atomic E-state index is 0.208. The maximum absolute atomic E-state index is 13.1. The van der Waals surface area contributed by atoms with Crippen molar-refractivity contribution in [3.63, 3.8) is 0 Å². The number of thiazole rings is 1. The Morgan fingerprint density at radius 3 is 2.56 bits per heavy atom. The summed E-state index contributed by atoms with van der Waals surface area (Å²) in [4.78, 5) is 44.4. The van der Waals surface area contributed by atoms with Gasteiger partial charge in [0.15, 0.2) is 5.13 Å². The predicted molar refractivity (Wildman–Crippen MR) is 126 cm³/mol. The van der Waals surface area contributed by atoms with Gasteiger partial charge in [-0.15, -0.1) is 0 Å². The van der Waals surface area contributed by atoms with Crippen molar-refractivity contribution in [2.45, 2.75) is 13.8 Å². The first-order chi connectivity index (χ1) is 15.3. The standard InChI is InChI=1S/C24H16ClN3O3S/c1-12-3-4-13(2)19(9-12)28-22(30)16-7-5-14(10-17(16)23(28)31)21(29)27-24-26-18-8-6-15(25)11-20(18)32-24/h3-11H,1-2H3,(H,26,27,29). The van der Waals surface area contributed by atoms with E-state index in [2.05, 4.69) is 10.3 Å². The maximum atomic E-state index is 13.1. The minimum Gasteiger partial charge on any atom is -0.298 e. The van der Waals surface area contributed by atoms with Gasteiger partial charge in [0.1, 0.15) is 0 Å². The second-order valence-corrected chi connectivity index (χ2v) is 9.05. The molecule has 3 aromatic carbocycles. The van der Waals surface area contributed by atoms with Gasteiger partial charge in [0.05, 0.1) is 27.0 Å².